The Hall–Kier alpha value is -3.42. The first-order valence-corrected chi connectivity index (χ1v) is 16.0. The van der Waals surface area contributed by atoms with Crippen LogP contribution < -0.4 is 10.6 Å². The van der Waals surface area contributed by atoms with Gasteiger partial charge in [0, 0.05) is 76.5 Å². The molecule has 1 saturated heterocycles. The molecule has 234 valence electrons. The Morgan fingerprint density at radius 1 is 1.25 bits per heavy atom. The molecule has 0 saturated carbocycles. The Kier molecular flexibility index (Phi) is 10.7. The van der Waals surface area contributed by atoms with Crippen LogP contribution in [-0.2, 0) is 11.0 Å². The van der Waals surface area contributed by atoms with Crippen LogP contribution in [0, 0.1) is 0 Å². The van der Waals surface area contributed by atoms with Gasteiger partial charge in [0.25, 0.3) is 0 Å². The highest BCUT2D eigenvalue weighted by molar-refractivity contribution is 7.99. The third-order valence-electron chi connectivity index (χ3n) is 6.96. The molecule has 1 aromatic carbocycles. The summed E-state index contributed by atoms with van der Waals surface area (Å²) in [4.78, 5) is 41.5. The minimum Gasteiger partial charge on any atom is -0.352 e. The van der Waals surface area contributed by atoms with Gasteiger partial charge in [0.1, 0.15) is 12.2 Å². The molecule has 0 bridgehead atoms. The van der Waals surface area contributed by atoms with Gasteiger partial charge in [-0.3, -0.25) is 14.4 Å². The molecule has 2 atom stereocenters. The van der Waals surface area contributed by atoms with Crippen LogP contribution in [0.5, 0.6) is 0 Å². The first-order chi connectivity index (χ1) is 20.9. The van der Waals surface area contributed by atoms with Crippen LogP contribution in [0.1, 0.15) is 32.8 Å². The average molecular weight is 665 g/mol. The Morgan fingerprint density at radius 3 is 2.52 bits per heavy atom. The molecule has 4 heterocycles. The number of halogens is 4. The number of benzene rings is 1. The van der Waals surface area contributed by atoms with Gasteiger partial charge in [-0.1, -0.05) is 31.2 Å². The number of nitrogens with zero attached hydrogens (tertiary/aromatic N) is 6. The molecular formula is C30H32ClF3N6O2S2. The van der Waals surface area contributed by atoms with Crippen LogP contribution in [-0.4, -0.2) is 70.9 Å². The van der Waals surface area contributed by atoms with Crippen molar-refractivity contribution in [2.24, 2.45) is 9.98 Å². The highest BCUT2D eigenvalue weighted by atomic mass is 35.5. The van der Waals surface area contributed by atoms with Crippen molar-refractivity contribution >= 4 is 76.1 Å². The smallest absolute Gasteiger partial charge is 0.352 e. The summed E-state index contributed by atoms with van der Waals surface area (Å²) in [5.74, 6) is 0.343. The predicted octanol–water partition coefficient (Wildman–Crippen LogP) is 7.11. The zero-order chi connectivity index (χ0) is 32.2. The van der Waals surface area contributed by atoms with Crippen molar-refractivity contribution in [2.75, 3.05) is 30.8 Å². The van der Waals surface area contributed by atoms with E-state index in [1.807, 2.05) is 27.0 Å². The summed E-state index contributed by atoms with van der Waals surface area (Å²) in [6.45, 7) is 9.91. The Balaban J connectivity index is 0.000000566. The molecule has 3 aromatic rings. The first kappa shape index (κ1) is 33.5. The molecule has 1 amide bonds. The number of amides is 1. The van der Waals surface area contributed by atoms with Crippen LogP contribution >= 0.6 is 34.7 Å². The largest absolute Gasteiger partial charge is 0.417 e. The molecular weight excluding hydrogens is 633 g/mol. The van der Waals surface area contributed by atoms with Crippen LogP contribution in [0.2, 0.25) is 5.02 Å². The van der Waals surface area contributed by atoms with E-state index < -0.39 is 17.4 Å². The molecule has 0 aliphatic carbocycles. The number of aliphatic imine (C=N–C) groups is 2. The van der Waals surface area contributed by atoms with E-state index in [0.29, 0.717) is 39.2 Å². The molecule has 2 aromatic heterocycles. The number of alkyl halides is 3. The van der Waals surface area contributed by atoms with Crippen LogP contribution in [0.25, 0.3) is 27.5 Å². The number of rotatable bonds is 5. The van der Waals surface area contributed by atoms with Gasteiger partial charge in [-0.05, 0) is 38.5 Å². The van der Waals surface area contributed by atoms with Gasteiger partial charge in [0.2, 0.25) is 5.91 Å². The highest BCUT2D eigenvalue weighted by Gasteiger charge is 2.39. The summed E-state index contributed by atoms with van der Waals surface area (Å²) < 4.78 is 45.0. The Labute approximate surface area is 266 Å². The lowest BCUT2D eigenvalue weighted by atomic mass is 10.0. The number of hydrogen-bond acceptors (Lipinski definition) is 7. The van der Waals surface area contributed by atoms with E-state index in [4.69, 9.17) is 11.6 Å². The number of thioether (sulfide) groups is 1. The summed E-state index contributed by atoms with van der Waals surface area (Å²) in [5.41, 5.74) is -0.995. The second-order valence-electron chi connectivity index (χ2n) is 10.1. The summed E-state index contributed by atoms with van der Waals surface area (Å²) in [6, 6.07) is 2.07. The van der Waals surface area contributed by atoms with E-state index in [1.54, 1.807) is 34.5 Å². The minimum atomic E-state index is -4.66. The number of hydrogen-bond donors (Lipinski definition) is 0. The van der Waals surface area contributed by atoms with Crippen LogP contribution in [0.4, 0.5) is 19.0 Å². The second-order valence-corrected chi connectivity index (χ2v) is 12.5. The average Bonchev–Trinajstić information content (AvgIpc) is 3.27. The van der Waals surface area contributed by atoms with Gasteiger partial charge in [-0.2, -0.15) is 18.2 Å². The summed E-state index contributed by atoms with van der Waals surface area (Å²) >= 11 is 8.46. The number of aromatic nitrogens is 2. The van der Waals surface area contributed by atoms with E-state index >= 15 is 0 Å². The molecule has 2 aliphatic heterocycles. The van der Waals surface area contributed by atoms with Crippen molar-refractivity contribution in [3.8, 4) is 10.4 Å². The molecule has 2 aliphatic rings. The maximum Gasteiger partial charge on any atom is 0.417 e. The zero-order valence-corrected chi connectivity index (χ0v) is 27.0. The standard InChI is InChI=1S/C25H22ClF3N4O2S2.C5H10N2/c1-4-19(34)33-13(2)10-31(11-14(33)3)23-16-9-17(25(27,28)29)20(18-8-15(26)12-37-18)22-21(16)32(24(35)30-23)6-5-7-36-22;1-3-4-7-5-6-2/h4-6,8-9,12-14H,1,7,10-11H2,2-3H3;4-5H,3H2,1-2H3. The molecule has 0 spiro atoms. The molecule has 2 unspecified atom stereocenters. The van der Waals surface area contributed by atoms with Gasteiger partial charge in [0.15, 0.2) is 0 Å². The lowest BCUT2D eigenvalue weighted by molar-refractivity contribution is -0.137. The minimum absolute atomic E-state index is 0.0130. The van der Waals surface area contributed by atoms with Crippen molar-refractivity contribution in [2.45, 2.75) is 50.3 Å². The number of piperazine rings is 1. The molecule has 44 heavy (non-hydrogen) atoms. The number of carbonyl (C=O) groups excluding carboxylic acids is 1. The third kappa shape index (κ3) is 6.94. The lowest BCUT2D eigenvalue weighted by Gasteiger charge is -2.44. The van der Waals surface area contributed by atoms with Crippen LogP contribution in [0.3, 0.4) is 0 Å². The fourth-order valence-corrected chi connectivity index (χ4v) is 7.59. The van der Waals surface area contributed by atoms with E-state index in [2.05, 4.69) is 21.5 Å². The maximum atomic E-state index is 14.6. The quantitative estimate of drug-likeness (QED) is 0.165. The van der Waals surface area contributed by atoms with E-state index in [1.165, 1.54) is 34.8 Å². The topological polar surface area (TPSA) is 83.2 Å². The molecule has 5 rings (SSSR count). The van der Waals surface area contributed by atoms with Crippen molar-refractivity contribution in [3.05, 3.63) is 57.3 Å². The summed E-state index contributed by atoms with van der Waals surface area (Å²) in [5, 5.41) is 2.17. The van der Waals surface area contributed by atoms with Gasteiger partial charge in [0.05, 0.1) is 16.1 Å². The zero-order valence-electron chi connectivity index (χ0n) is 24.6. The van der Waals surface area contributed by atoms with Crippen molar-refractivity contribution < 1.29 is 18.0 Å². The number of carbonyl (C=O) groups is 1. The monoisotopic (exact) mass is 664 g/mol. The lowest BCUT2D eigenvalue weighted by Crippen LogP contribution is -2.58. The van der Waals surface area contributed by atoms with Crippen LogP contribution in [0.15, 0.2) is 55.9 Å². The molecule has 14 heteroatoms. The normalized spacial score (nSPS) is 18.5. The molecule has 0 N–H and O–H groups in total. The van der Waals surface area contributed by atoms with E-state index in [-0.39, 0.29) is 34.8 Å². The number of thiophene rings is 1. The summed E-state index contributed by atoms with van der Waals surface area (Å²) in [7, 11) is 1.70. The van der Waals surface area contributed by atoms with Crippen molar-refractivity contribution in [3.63, 3.8) is 0 Å². The van der Waals surface area contributed by atoms with Gasteiger partial charge < -0.3 is 9.80 Å². The third-order valence-corrected chi connectivity index (χ3v) is 9.30. The van der Waals surface area contributed by atoms with Gasteiger partial charge >= 0.3 is 11.9 Å². The van der Waals surface area contributed by atoms with Gasteiger partial charge in [-0.25, -0.2) is 9.79 Å². The first-order valence-electron chi connectivity index (χ1n) is 13.8. The fourth-order valence-electron chi connectivity index (χ4n) is 5.32. The Bertz CT molecular complexity index is 1690. The molecule has 0 radical (unpaired) electrons. The predicted molar refractivity (Wildman–Crippen MR) is 177 cm³/mol. The maximum absolute atomic E-state index is 14.6. The van der Waals surface area contributed by atoms with Crippen molar-refractivity contribution in [1.29, 1.82) is 0 Å². The second kappa shape index (κ2) is 14.1. The van der Waals surface area contributed by atoms with E-state index in [9.17, 15) is 22.8 Å². The fraction of sp³-hybridized carbons (Fsp3) is 0.367. The molecule has 8 nitrogen and oxygen atoms in total. The Morgan fingerprint density at radius 2 is 1.95 bits per heavy atom. The summed E-state index contributed by atoms with van der Waals surface area (Å²) in [6.07, 6.45) is 4.20. The van der Waals surface area contributed by atoms with Crippen molar-refractivity contribution in [1.82, 2.24) is 14.5 Å². The van der Waals surface area contributed by atoms with Gasteiger partial charge in [-0.15, -0.1) is 23.1 Å². The van der Waals surface area contributed by atoms with E-state index in [0.717, 1.165) is 23.8 Å². The highest BCUT2D eigenvalue weighted by Crippen LogP contribution is 2.49. The number of anilines is 1. The SMILES string of the molecule is C=CC(=O)N1C(C)CN(c2nc(=O)n3c4c(c(-c5cc(Cl)cs5)c(C(F)(F)F)cc24)SCC=C3)CC1C.CCC=NC=NC. The molecule has 1 fully saturated rings.